The Labute approximate surface area is 600 Å². The van der Waals surface area contributed by atoms with Crippen LogP contribution in [0.5, 0.6) is 0 Å². The molecule has 0 aromatic rings. The predicted molar refractivity (Wildman–Crippen MR) is 400 cm³/mol. The number of aliphatic hydroxyl groups excluding tert-OH is 1. The van der Waals surface area contributed by atoms with Gasteiger partial charge in [-0.25, -0.2) is 9.13 Å². The first-order chi connectivity index (χ1) is 47.1. The van der Waals surface area contributed by atoms with Crippen molar-refractivity contribution < 1.29 is 80.2 Å². The summed E-state index contributed by atoms with van der Waals surface area (Å²) in [5, 5.41) is 10.6. The van der Waals surface area contributed by atoms with Crippen molar-refractivity contribution in [2.75, 3.05) is 39.6 Å². The van der Waals surface area contributed by atoms with Crippen LogP contribution >= 0.6 is 15.6 Å². The van der Waals surface area contributed by atoms with E-state index < -0.39 is 97.5 Å². The third kappa shape index (κ3) is 71.1. The fourth-order valence-corrected chi connectivity index (χ4v) is 13.6. The molecule has 6 atom stereocenters. The highest BCUT2D eigenvalue weighted by Crippen LogP contribution is 2.45. The molecule has 0 fully saturated rings. The summed E-state index contributed by atoms with van der Waals surface area (Å²) in [6.07, 6.45) is 53.9. The highest BCUT2D eigenvalue weighted by atomic mass is 31.2. The van der Waals surface area contributed by atoms with Crippen molar-refractivity contribution in [3.05, 3.63) is 0 Å². The molecule has 0 spiro atoms. The van der Waals surface area contributed by atoms with Gasteiger partial charge in [0.25, 0.3) is 0 Å². The molecule has 0 heterocycles. The topological polar surface area (TPSA) is 237 Å². The van der Waals surface area contributed by atoms with Gasteiger partial charge in [0.1, 0.15) is 19.3 Å². The summed E-state index contributed by atoms with van der Waals surface area (Å²) in [6.45, 7) is 14.3. The Kier molecular flexibility index (Phi) is 66.8. The van der Waals surface area contributed by atoms with Crippen molar-refractivity contribution in [2.45, 2.75) is 420 Å². The molecule has 0 saturated carbocycles. The monoisotopic (exact) mass is 1440 g/mol. The zero-order valence-electron chi connectivity index (χ0n) is 64.4. The van der Waals surface area contributed by atoms with Crippen molar-refractivity contribution in [1.82, 2.24) is 0 Å². The van der Waals surface area contributed by atoms with Crippen LogP contribution in [0.4, 0.5) is 0 Å². The lowest BCUT2D eigenvalue weighted by Crippen LogP contribution is -2.30. The van der Waals surface area contributed by atoms with Crippen LogP contribution < -0.4 is 0 Å². The number of unbranched alkanes of at least 4 members (excludes halogenated alkanes) is 41. The molecule has 3 unspecified atom stereocenters. The maximum atomic E-state index is 13.1. The standard InChI is InChI=1S/C79H154O17P2/c1-9-72(8)58-50-42-34-29-30-36-44-52-60-77(82)90-66-75(96-79(84)62-54-46-38-28-22-16-19-25-33-41-49-57-71(6)7)68-94-98(87,88)92-64-73(80)63-91-97(85,86)93-67-74(95-78(83)61-53-45-37-27-21-15-11-13-18-24-32-40-48-56-70(4)5)65-89-76(81)59-51-43-35-26-20-14-10-12-17-23-31-39-47-55-69(2)3/h69-75,80H,9-68H2,1-8H3,(H,85,86)(H,87,88)/t72?,73-,74-,75-/m1/s1. The van der Waals surface area contributed by atoms with Gasteiger partial charge in [-0.05, 0) is 49.4 Å². The number of aliphatic hydroxyl groups is 1. The summed E-state index contributed by atoms with van der Waals surface area (Å²) in [4.78, 5) is 73.0. The molecule has 0 aromatic carbocycles. The molecule has 19 heteroatoms. The third-order valence-electron chi connectivity index (χ3n) is 18.7. The molecule has 3 N–H and O–H groups in total. The maximum absolute atomic E-state index is 13.1. The number of phosphoric acid groups is 2. The van der Waals surface area contributed by atoms with Gasteiger partial charge < -0.3 is 33.8 Å². The molecule has 0 amide bonds. The molecule has 582 valence electrons. The van der Waals surface area contributed by atoms with E-state index in [4.69, 9.17) is 37.0 Å². The van der Waals surface area contributed by atoms with Gasteiger partial charge in [-0.1, -0.05) is 351 Å². The lowest BCUT2D eigenvalue weighted by molar-refractivity contribution is -0.161. The minimum atomic E-state index is -4.96. The van der Waals surface area contributed by atoms with E-state index in [1.165, 1.54) is 205 Å². The normalized spacial score (nSPS) is 14.3. The summed E-state index contributed by atoms with van der Waals surface area (Å²) >= 11 is 0. The first-order valence-electron chi connectivity index (χ1n) is 40.7. The van der Waals surface area contributed by atoms with E-state index in [2.05, 4.69) is 55.4 Å². The molecule has 98 heavy (non-hydrogen) atoms. The van der Waals surface area contributed by atoms with Crippen LogP contribution in [0, 0.1) is 23.7 Å². The van der Waals surface area contributed by atoms with E-state index in [1.807, 2.05) is 0 Å². The Morgan fingerprint density at radius 2 is 0.490 bits per heavy atom. The van der Waals surface area contributed by atoms with Gasteiger partial charge in [0.2, 0.25) is 0 Å². The predicted octanol–water partition coefficient (Wildman–Crippen LogP) is 23.2. The number of carbonyl (C=O) groups excluding carboxylic acids is 4. The van der Waals surface area contributed by atoms with E-state index in [0.29, 0.717) is 25.7 Å². The average Bonchev–Trinajstić information content (AvgIpc) is 1.03. The molecule has 0 rings (SSSR count). The quantitative estimate of drug-likeness (QED) is 0.0222. The van der Waals surface area contributed by atoms with Gasteiger partial charge in [-0.3, -0.25) is 37.3 Å². The van der Waals surface area contributed by atoms with E-state index >= 15 is 0 Å². The van der Waals surface area contributed by atoms with E-state index in [9.17, 15) is 43.2 Å². The van der Waals surface area contributed by atoms with Crippen LogP contribution in [0.25, 0.3) is 0 Å². The van der Waals surface area contributed by atoms with Crippen molar-refractivity contribution in [3.63, 3.8) is 0 Å². The molecule has 17 nitrogen and oxygen atoms in total. The second-order valence-electron chi connectivity index (χ2n) is 30.1. The molecule has 0 radical (unpaired) electrons. The Balaban J connectivity index is 5.28. The highest BCUT2D eigenvalue weighted by Gasteiger charge is 2.30. The number of hydrogen-bond acceptors (Lipinski definition) is 15. The SMILES string of the molecule is CCC(C)CCCCCCCCCCC(=O)OC[C@H](COP(=O)(O)OC[C@H](O)COP(=O)(O)OC[C@@H](COC(=O)CCCCCCCCCCCCCCCC(C)C)OC(=O)CCCCCCCCCCCCCCCC(C)C)OC(=O)CCCCCCCCCCCCCC(C)C. The Hall–Kier alpha value is -1.94. The van der Waals surface area contributed by atoms with Crippen LogP contribution in [-0.2, 0) is 65.4 Å². The molecular weight excluding hydrogens is 1280 g/mol. The number of esters is 4. The number of hydrogen-bond donors (Lipinski definition) is 3. The number of ether oxygens (including phenoxy) is 4. The Bertz CT molecular complexity index is 1920. The minimum absolute atomic E-state index is 0.106. The van der Waals surface area contributed by atoms with Crippen molar-refractivity contribution in [2.24, 2.45) is 23.7 Å². The zero-order valence-corrected chi connectivity index (χ0v) is 66.2. The molecule has 0 aliphatic heterocycles. The molecule has 0 saturated heterocycles. The van der Waals surface area contributed by atoms with Gasteiger partial charge >= 0.3 is 39.5 Å². The van der Waals surface area contributed by atoms with E-state index in [1.54, 1.807) is 0 Å². The van der Waals surface area contributed by atoms with Crippen LogP contribution in [0.1, 0.15) is 402 Å². The Morgan fingerprint density at radius 3 is 0.724 bits per heavy atom. The largest absolute Gasteiger partial charge is 0.472 e. The lowest BCUT2D eigenvalue weighted by atomic mass is 9.99. The lowest BCUT2D eigenvalue weighted by Gasteiger charge is -2.21. The van der Waals surface area contributed by atoms with E-state index in [0.717, 1.165) is 114 Å². The summed E-state index contributed by atoms with van der Waals surface area (Å²) in [5.41, 5.74) is 0. The van der Waals surface area contributed by atoms with E-state index in [-0.39, 0.29) is 25.7 Å². The smallest absolute Gasteiger partial charge is 0.462 e. The van der Waals surface area contributed by atoms with Gasteiger partial charge in [0, 0.05) is 25.7 Å². The van der Waals surface area contributed by atoms with Crippen LogP contribution in [0.15, 0.2) is 0 Å². The van der Waals surface area contributed by atoms with Crippen LogP contribution in [0.3, 0.4) is 0 Å². The van der Waals surface area contributed by atoms with Crippen molar-refractivity contribution in [3.8, 4) is 0 Å². The van der Waals surface area contributed by atoms with Gasteiger partial charge in [0.15, 0.2) is 12.2 Å². The van der Waals surface area contributed by atoms with Crippen molar-refractivity contribution >= 4 is 39.5 Å². The van der Waals surface area contributed by atoms with Crippen LogP contribution in [-0.4, -0.2) is 96.7 Å². The van der Waals surface area contributed by atoms with Crippen LogP contribution in [0.2, 0.25) is 0 Å². The molecule has 0 aliphatic rings. The Morgan fingerprint density at radius 1 is 0.286 bits per heavy atom. The average molecular weight is 1440 g/mol. The number of rotatable bonds is 76. The highest BCUT2D eigenvalue weighted by molar-refractivity contribution is 7.47. The third-order valence-corrected chi connectivity index (χ3v) is 20.6. The van der Waals surface area contributed by atoms with Gasteiger partial charge in [0.05, 0.1) is 26.4 Å². The summed E-state index contributed by atoms with van der Waals surface area (Å²) in [5.74, 6) is 1.00. The van der Waals surface area contributed by atoms with Gasteiger partial charge in [-0.15, -0.1) is 0 Å². The fourth-order valence-electron chi connectivity index (χ4n) is 12.0. The summed E-state index contributed by atoms with van der Waals surface area (Å²) in [6, 6.07) is 0. The number of carbonyl (C=O) groups is 4. The summed E-state index contributed by atoms with van der Waals surface area (Å²) < 4.78 is 68.7. The molecular formula is C79H154O17P2. The molecule has 0 aliphatic carbocycles. The second kappa shape index (κ2) is 68.2. The molecule has 0 aromatic heterocycles. The second-order valence-corrected chi connectivity index (χ2v) is 33.0. The van der Waals surface area contributed by atoms with Gasteiger partial charge in [-0.2, -0.15) is 0 Å². The summed E-state index contributed by atoms with van der Waals surface area (Å²) in [7, 11) is -9.92. The zero-order chi connectivity index (χ0) is 72.4. The first kappa shape index (κ1) is 96.1. The first-order valence-corrected chi connectivity index (χ1v) is 43.7. The fraction of sp³-hybridized carbons (Fsp3) is 0.949. The minimum Gasteiger partial charge on any atom is -0.462 e. The number of phosphoric ester groups is 2. The maximum Gasteiger partial charge on any atom is 0.472 e. The molecule has 0 bridgehead atoms. The van der Waals surface area contributed by atoms with Crippen molar-refractivity contribution in [1.29, 1.82) is 0 Å².